The van der Waals surface area contributed by atoms with Crippen LogP contribution in [0.2, 0.25) is 0 Å². The molecule has 1 aromatic carbocycles. The van der Waals surface area contributed by atoms with E-state index in [0.29, 0.717) is 5.92 Å². The van der Waals surface area contributed by atoms with Crippen LogP contribution in [0.15, 0.2) is 41.0 Å². The van der Waals surface area contributed by atoms with E-state index >= 15 is 0 Å². The molecule has 2 atom stereocenters. The largest absolute Gasteiger partial charge is 0.388 e. The van der Waals surface area contributed by atoms with Gasteiger partial charge in [0.25, 0.3) is 0 Å². The van der Waals surface area contributed by atoms with Crippen molar-refractivity contribution in [2.75, 3.05) is 0 Å². The Labute approximate surface area is 129 Å². The van der Waals surface area contributed by atoms with E-state index in [1.165, 1.54) is 27.9 Å². The van der Waals surface area contributed by atoms with E-state index in [1.807, 2.05) is 6.07 Å². The van der Waals surface area contributed by atoms with Gasteiger partial charge in [-0.2, -0.15) is 0 Å². The number of benzene rings is 1. The molecule has 1 nitrogen and oxygen atoms in total. The molecule has 1 heteroatoms. The average Bonchev–Trinajstić information content (AvgIpc) is 2.61. The number of aliphatic hydroxyl groups excluding tert-OH is 1. The molecular weight excluding hydrogens is 256 g/mol. The highest BCUT2D eigenvalue weighted by Crippen LogP contribution is 2.45. The van der Waals surface area contributed by atoms with Gasteiger partial charge in [-0.3, -0.25) is 0 Å². The Bertz CT molecular complexity index is 611. The van der Waals surface area contributed by atoms with Gasteiger partial charge in [-0.15, -0.1) is 0 Å². The van der Waals surface area contributed by atoms with E-state index in [2.05, 4.69) is 66.7 Å². The van der Waals surface area contributed by atoms with Crippen molar-refractivity contribution in [3.8, 4) is 0 Å². The molecule has 0 fully saturated rings. The Morgan fingerprint density at radius 1 is 1.00 bits per heavy atom. The third-order valence-corrected chi connectivity index (χ3v) is 5.01. The minimum absolute atomic E-state index is 0.163. The highest BCUT2D eigenvalue weighted by Gasteiger charge is 2.30. The third-order valence-electron chi connectivity index (χ3n) is 5.01. The molecule has 0 spiro atoms. The quantitative estimate of drug-likeness (QED) is 0.757. The zero-order valence-electron chi connectivity index (χ0n) is 14.4. The average molecular weight is 284 g/mol. The molecule has 1 aliphatic carbocycles. The first-order chi connectivity index (χ1) is 9.66. The molecule has 0 heterocycles. The van der Waals surface area contributed by atoms with Crippen LogP contribution in [0.5, 0.6) is 0 Å². The lowest BCUT2D eigenvalue weighted by Crippen LogP contribution is -2.19. The summed E-state index contributed by atoms with van der Waals surface area (Å²) in [5.41, 5.74) is 7.69. The molecule has 0 amide bonds. The minimum Gasteiger partial charge on any atom is -0.388 e. The first-order valence-corrected chi connectivity index (χ1v) is 7.82. The van der Waals surface area contributed by atoms with Gasteiger partial charge in [-0.25, -0.2) is 0 Å². The molecule has 0 saturated heterocycles. The topological polar surface area (TPSA) is 20.2 Å². The number of rotatable bonds is 2. The van der Waals surface area contributed by atoms with E-state index in [4.69, 9.17) is 0 Å². The van der Waals surface area contributed by atoms with E-state index < -0.39 is 6.10 Å². The Morgan fingerprint density at radius 2 is 1.57 bits per heavy atom. The highest BCUT2D eigenvalue weighted by atomic mass is 16.3. The van der Waals surface area contributed by atoms with Gasteiger partial charge < -0.3 is 5.11 Å². The molecule has 0 radical (unpaired) electrons. The Kier molecular flexibility index (Phi) is 4.17. The van der Waals surface area contributed by atoms with Crippen LogP contribution >= 0.6 is 0 Å². The summed E-state index contributed by atoms with van der Waals surface area (Å²) in [6.45, 7) is 15.2. The summed E-state index contributed by atoms with van der Waals surface area (Å²) >= 11 is 0. The minimum atomic E-state index is -0.456. The van der Waals surface area contributed by atoms with E-state index in [-0.39, 0.29) is 5.41 Å². The predicted molar refractivity (Wildman–Crippen MR) is 91.0 cm³/mol. The fraction of sp³-hybridized carbons (Fsp3) is 0.500. The van der Waals surface area contributed by atoms with Crippen molar-refractivity contribution in [3.63, 3.8) is 0 Å². The summed E-state index contributed by atoms with van der Waals surface area (Å²) in [6, 6.07) is 8.33. The number of hydrogen-bond donors (Lipinski definition) is 1. The molecule has 1 N–H and O–H groups in total. The van der Waals surface area contributed by atoms with Gasteiger partial charge in [0.15, 0.2) is 0 Å². The van der Waals surface area contributed by atoms with Crippen LogP contribution < -0.4 is 0 Å². The maximum Gasteiger partial charge on any atom is 0.0844 e. The van der Waals surface area contributed by atoms with Crippen LogP contribution in [-0.2, 0) is 0 Å². The smallest absolute Gasteiger partial charge is 0.0844 e. The van der Waals surface area contributed by atoms with Gasteiger partial charge in [0.2, 0.25) is 0 Å². The van der Waals surface area contributed by atoms with Crippen LogP contribution in [0.4, 0.5) is 0 Å². The maximum atomic E-state index is 10.8. The van der Waals surface area contributed by atoms with E-state index in [9.17, 15) is 5.11 Å². The second-order valence-electron chi connectivity index (χ2n) is 7.42. The summed E-state index contributed by atoms with van der Waals surface area (Å²) in [7, 11) is 0. The fourth-order valence-electron chi connectivity index (χ4n) is 3.25. The summed E-state index contributed by atoms with van der Waals surface area (Å²) in [5.74, 6) is 0.429. The second kappa shape index (κ2) is 5.46. The normalized spacial score (nSPS) is 21.2. The van der Waals surface area contributed by atoms with Crippen LogP contribution in [0.3, 0.4) is 0 Å². The van der Waals surface area contributed by atoms with Crippen molar-refractivity contribution in [1.29, 1.82) is 0 Å². The van der Waals surface area contributed by atoms with Crippen molar-refractivity contribution < 1.29 is 5.11 Å². The van der Waals surface area contributed by atoms with Crippen molar-refractivity contribution in [3.05, 3.63) is 52.1 Å². The molecular formula is C20H28O. The molecule has 0 bridgehead atoms. The first kappa shape index (κ1) is 16.0. The van der Waals surface area contributed by atoms with Gasteiger partial charge in [-0.1, -0.05) is 57.5 Å². The fourth-order valence-corrected chi connectivity index (χ4v) is 3.25. The SMILES string of the molecule is CC1=C(C)C(C)C(c2ccccc2C(O)C(C)(C)C)=C1C. The predicted octanol–water partition coefficient (Wildman–Crippen LogP) is 5.53. The lowest BCUT2D eigenvalue weighted by Gasteiger charge is -2.29. The van der Waals surface area contributed by atoms with Crippen molar-refractivity contribution >= 4 is 5.57 Å². The molecule has 0 saturated carbocycles. The molecule has 21 heavy (non-hydrogen) atoms. The van der Waals surface area contributed by atoms with Gasteiger partial charge in [0, 0.05) is 5.92 Å². The Hall–Kier alpha value is -1.34. The highest BCUT2D eigenvalue weighted by molar-refractivity contribution is 5.81. The van der Waals surface area contributed by atoms with Crippen molar-refractivity contribution in [1.82, 2.24) is 0 Å². The Balaban J connectivity index is 2.58. The number of hydrogen-bond acceptors (Lipinski definition) is 1. The monoisotopic (exact) mass is 284 g/mol. The van der Waals surface area contributed by atoms with E-state index in [1.54, 1.807) is 0 Å². The summed E-state index contributed by atoms with van der Waals surface area (Å²) < 4.78 is 0. The molecule has 1 aliphatic rings. The number of allylic oxidation sites excluding steroid dienone is 4. The zero-order chi connectivity index (χ0) is 15.9. The molecule has 114 valence electrons. The molecule has 2 unspecified atom stereocenters. The van der Waals surface area contributed by atoms with Gasteiger partial charge in [0.1, 0.15) is 0 Å². The summed E-state index contributed by atoms with van der Waals surface area (Å²) in [6.07, 6.45) is -0.456. The second-order valence-corrected chi connectivity index (χ2v) is 7.42. The molecule has 2 rings (SSSR count). The Morgan fingerprint density at radius 3 is 2.05 bits per heavy atom. The molecule has 0 aliphatic heterocycles. The first-order valence-electron chi connectivity index (χ1n) is 7.82. The van der Waals surface area contributed by atoms with E-state index in [0.717, 1.165) is 5.56 Å². The molecule has 1 aromatic rings. The van der Waals surface area contributed by atoms with Gasteiger partial charge in [0.05, 0.1) is 6.10 Å². The summed E-state index contributed by atoms with van der Waals surface area (Å²) in [5, 5.41) is 10.8. The lowest BCUT2D eigenvalue weighted by atomic mass is 9.80. The third kappa shape index (κ3) is 2.72. The standard InChI is InChI=1S/C20H28O/c1-12-13(2)15(4)18(14(12)3)16-10-8-9-11-17(16)19(21)20(5,6)7/h8-11,14,19,21H,1-7H3. The zero-order valence-corrected chi connectivity index (χ0v) is 14.4. The van der Waals surface area contributed by atoms with Gasteiger partial charge >= 0.3 is 0 Å². The van der Waals surface area contributed by atoms with Crippen molar-refractivity contribution in [2.24, 2.45) is 11.3 Å². The maximum absolute atomic E-state index is 10.8. The van der Waals surface area contributed by atoms with Crippen LogP contribution in [0.25, 0.3) is 5.57 Å². The van der Waals surface area contributed by atoms with Crippen LogP contribution in [-0.4, -0.2) is 5.11 Å². The lowest BCUT2D eigenvalue weighted by molar-refractivity contribution is 0.0624. The van der Waals surface area contributed by atoms with Crippen LogP contribution in [0, 0.1) is 11.3 Å². The van der Waals surface area contributed by atoms with Gasteiger partial charge in [-0.05, 0) is 54.0 Å². The number of aliphatic hydroxyl groups is 1. The van der Waals surface area contributed by atoms with Crippen molar-refractivity contribution in [2.45, 2.75) is 54.6 Å². The molecule has 0 aromatic heterocycles. The summed E-state index contributed by atoms with van der Waals surface area (Å²) in [4.78, 5) is 0. The van der Waals surface area contributed by atoms with Crippen LogP contribution in [0.1, 0.15) is 65.7 Å².